The molecule has 3 aromatic rings. The van der Waals surface area contributed by atoms with E-state index >= 15 is 0 Å². The molecular weight excluding hydrogens is 382 g/mol. The quantitative estimate of drug-likeness (QED) is 0.349. The number of ether oxygens (including phenoxy) is 2. The number of nitrogens with two attached hydrogens (primary N) is 1. The summed E-state index contributed by atoms with van der Waals surface area (Å²) in [6.45, 7) is 0.138. The van der Waals surface area contributed by atoms with E-state index in [4.69, 9.17) is 15.2 Å². The van der Waals surface area contributed by atoms with Crippen LogP contribution in [0.1, 0.15) is 33.8 Å². The van der Waals surface area contributed by atoms with Crippen molar-refractivity contribution in [1.82, 2.24) is 15.3 Å². The van der Waals surface area contributed by atoms with Crippen LogP contribution in [0.5, 0.6) is 11.5 Å². The minimum atomic E-state index is -0.152. The molecule has 1 fully saturated rings. The third-order valence-electron chi connectivity index (χ3n) is 4.52. The number of oxime groups is 1. The summed E-state index contributed by atoms with van der Waals surface area (Å²) in [6, 6.07) is 7.11. The molecule has 3 heterocycles. The predicted octanol–water partition coefficient (Wildman–Crippen LogP) is 2.12. The molecule has 10 heteroatoms. The lowest BCUT2D eigenvalue weighted by Gasteiger charge is -2.07. The first-order valence-corrected chi connectivity index (χ1v) is 9.44. The van der Waals surface area contributed by atoms with E-state index in [0.29, 0.717) is 37.9 Å². The molecule has 0 spiro atoms. The highest BCUT2D eigenvalue weighted by molar-refractivity contribution is 7.20. The number of hydrogen-bond donors (Lipinski definition) is 3. The highest BCUT2D eigenvalue weighted by Crippen LogP contribution is 2.34. The van der Waals surface area contributed by atoms with Crippen LogP contribution in [-0.4, -0.2) is 39.6 Å². The number of fused-ring (bicyclic) bond motifs is 2. The topological polar surface area (TPSA) is 132 Å². The lowest BCUT2D eigenvalue weighted by Crippen LogP contribution is -2.24. The number of nitrogen functional groups attached to an aromatic ring is 1. The van der Waals surface area contributed by atoms with E-state index in [-0.39, 0.29) is 30.4 Å². The normalized spacial score (nSPS) is 15.8. The van der Waals surface area contributed by atoms with Crippen molar-refractivity contribution in [3.8, 4) is 11.5 Å². The molecule has 1 aromatic carbocycles. The average molecular weight is 397 g/mol. The third kappa shape index (κ3) is 2.87. The molecule has 1 aliphatic carbocycles. The zero-order valence-electron chi connectivity index (χ0n) is 14.5. The molecular formula is C18H15N5O4S. The Morgan fingerprint density at radius 1 is 1.25 bits per heavy atom. The largest absolute Gasteiger partial charge is 0.454 e. The van der Waals surface area contributed by atoms with Gasteiger partial charge in [0.2, 0.25) is 12.7 Å². The molecule has 1 amide bonds. The highest BCUT2D eigenvalue weighted by atomic mass is 32.1. The van der Waals surface area contributed by atoms with Crippen molar-refractivity contribution in [1.29, 1.82) is 0 Å². The summed E-state index contributed by atoms with van der Waals surface area (Å²) in [7, 11) is 0. The molecule has 142 valence electrons. The van der Waals surface area contributed by atoms with Gasteiger partial charge in [0, 0.05) is 17.0 Å². The molecule has 0 unspecified atom stereocenters. The van der Waals surface area contributed by atoms with Gasteiger partial charge in [0.1, 0.15) is 16.2 Å². The number of nitrogens with zero attached hydrogens (tertiary/aromatic N) is 3. The molecule has 1 aliphatic heterocycles. The van der Waals surface area contributed by atoms with Gasteiger partial charge in [-0.25, -0.2) is 9.97 Å². The lowest BCUT2D eigenvalue weighted by atomic mass is 10.0. The lowest BCUT2D eigenvalue weighted by molar-refractivity contribution is 0.0955. The maximum absolute atomic E-state index is 12.4. The first-order valence-electron chi connectivity index (χ1n) is 8.63. The van der Waals surface area contributed by atoms with Gasteiger partial charge in [-0.1, -0.05) is 5.16 Å². The van der Waals surface area contributed by atoms with Crippen molar-refractivity contribution in [3.05, 3.63) is 40.4 Å². The van der Waals surface area contributed by atoms with Crippen LogP contribution in [0.4, 0.5) is 5.95 Å². The summed E-state index contributed by atoms with van der Waals surface area (Å²) in [6.07, 6.45) is 2.00. The summed E-state index contributed by atoms with van der Waals surface area (Å²) < 4.78 is 10.7. The fourth-order valence-corrected chi connectivity index (χ4v) is 3.94. The van der Waals surface area contributed by atoms with E-state index < -0.39 is 0 Å². The van der Waals surface area contributed by atoms with E-state index in [1.807, 2.05) is 0 Å². The van der Waals surface area contributed by atoms with Crippen LogP contribution in [0.25, 0.3) is 10.2 Å². The fourth-order valence-electron chi connectivity index (χ4n) is 3.00. The molecule has 0 saturated heterocycles. The van der Waals surface area contributed by atoms with Crippen molar-refractivity contribution in [2.45, 2.75) is 18.9 Å². The second-order valence-corrected chi connectivity index (χ2v) is 7.55. The number of rotatable bonds is 4. The Morgan fingerprint density at radius 3 is 2.86 bits per heavy atom. The Labute approximate surface area is 162 Å². The van der Waals surface area contributed by atoms with Gasteiger partial charge in [-0.15, -0.1) is 11.3 Å². The van der Waals surface area contributed by atoms with Crippen LogP contribution in [0, 0.1) is 0 Å². The molecule has 5 rings (SSSR count). The number of benzene rings is 1. The summed E-state index contributed by atoms with van der Waals surface area (Å²) >= 11 is 1.22. The number of thiophene rings is 1. The van der Waals surface area contributed by atoms with Gasteiger partial charge in [0.25, 0.3) is 5.91 Å². The second kappa shape index (κ2) is 6.34. The van der Waals surface area contributed by atoms with Crippen molar-refractivity contribution >= 4 is 39.1 Å². The Kier molecular flexibility index (Phi) is 3.79. The molecule has 0 bridgehead atoms. The van der Waals surface area contributed by atoms with E-state index in [0.717, 1.165) is 12.8 Å². The van der Waals surface area contributed by atoms with E-state index in [9.17, 15) is 10.0 Å². The number of hydrogen-bond acceptors (Lipinski definition) is 9. The van der Waals surface area contributed by atoms with Gasteiger partial charge < -0.3 is 25.7 Å². The zero-order valence-corrected chi connectivity index (χ0v) is 15.3. The van der Waals surface area contributed by atoms with E-state index in [1.54, 1.807) is 24.3 Å². The van der Waals surface area contributed by atoms with Crippen LogP contribution in [0.15, 0.2) is 29.4 Å². The number of carbonyl (C=O) groups excluding carboxylic acids is 1. The van der Waals surface area contributed by atoms with Gasteiger partial charge in [-0.2, -0.15) is 0 Å². The van der Waals surface area contributed by atoms with Gasteiger partial charge in [-0.05, 0) is 37.1 Å². The monoisotopic (exact) mass is 397 g/mol. The number of nitrogens with one attached hydrogen (secondary N) is 1. The summed E-state index contributed by atoms with van der Waals surface area (Å²) in [4.78, 5) is 22.0. The van der Waals surface area contributed by atoms with Gasteiger partial charge in [0.15, 0.2) is 11.5 Å². The highest BCUT2D eigenvalue weighted by Gasteiger charge is 2.26. The van der Waals surface area contributed by atoms with Crippen LogP contribution < -0.4 is 20.5 Å². The van der Waals surface area contributed by atoms with Crippen molar-refractivity contribution in [3.63, 3.8) is 0 Å². The Hall–Kier alpha value is -3.40. The van der Waals surface area contributed by atoms with E-state index in [2.05, 4.69) is 20.4 Å². The second-order valence-electron chi connectivity index (χ2n) is 6.52. The van der Waals surface area contributed by atoms with Crippen molar-refractivity contribution < 1.29 is 19.5 Å². The molecule has 2 aromatic heterocycles. The van der Waals surface area contributed by atoms with Gasteiger partial charge >= 0.3 is 0 Å². The van der Waals surface area contributed by atoms with Crippen LogP contribution >= 0.6 is 11.3 Å². The summed E-state index contributed by atoms with van der Waals surface area (Å²) in [5.74, 6) is 1.04. The first-order chi connectivity index (χ1) is 13.6. The minimum absolute atomic E-state index is 0.0281. The molecule has 1 saturated carbocycles. The number of aromatic nitrogens is 2. The Balaban J connectivity index is 1.60. The first kappa shape index (κ1) is 16.8. The summed E-state index contributed by atoms with van der Waals surface area (Å²) in [5, 5.41) is 16.7. The summed E-state index contributed by atoms with van der Waals surface area (Å²) in [5.41, 5.74) is 6.97. The van der Waals surface area contributed by atoms with Gasteiger partial charge in [0.05, 0.1) is 4.88 Å². The predicted molar refractivity (Wildman–Crippen MR) is 102 cm³/mol. The standard InChI is InChI=1S/C18H15N5O4S/c19-18-21-15(14(23-25)8-1-4-11-12(5-8)27-7-26-11)10-6-13(28-17(10)22-18)16(24)20-9-2-3-9/h1,4-6,9,25H,2-3,7H2,(H,20,24)(H2,19,21,22)/b23-14-. The van der Waals surface area contributed by atoms with Gasteiger partial charge in [-0.3, -0.25) is 4.79 Å². The van der Waals surface area contributed by atoms with Crippen LogP contribution in [0.2, 0.25) is 0 Å². The molecule has 4 N–H and O–H groups in total. The number of carbonyl (C=O) groups is 1. The van der Waals surface area contributed by atoms with Crippen molar-refractivity contribution in [2.75, 3.05) is 12.5 Å². The fraction of sp³-hybridized carbons (Fsp3) is 0.222. The molecule has 2 aliphatic rings. The van der Waals surface area contributed by atoms with Crippen LogP contribution in [-0.2, 0) is 0 Å². The average Bonchev–Trinajstić information content (AvgIpc) is 3.19. The van der Waals surface area contributed by atoms with E-state index in [1.165, 1.54) is 11.3 Å². The molecule has 9 nitrogen and oxygen atoms in total. The third-order valence-corrected chi connectivity index (χ3v) is 5.54. The SMILES string of the molecule is Nc1nc(/C(=N\O)c2ccc3c(c2)OCO3)c2cc(C(=O)NC3CC3)sc2n1. The molecule has 0 atom stereocenters. The maximum atomic E-state index is 12.4. The molecule has 0 radical (unpaired) electrons. The minimum Gasteiger partial charge on any atom is -0.454 e. The Morgan fingerprint density at radius 2 is 2.07 bits per heavy atom. The zero-order chi connectivity index (χ0) is 19.3. The van der Waals surface area contributed by atoms with Crippen LogP contribution in [0.3, 0.4) is 0 Å². The molecule has 28 heavy (non-hydrogen) atoms. The number of amides is 1. The smallest absolute Gasteiger partial charge is 0.261 e. The Bertz CT molecular complexity index is 1140. The van der Waals surface area contributed by atoms with Crippen molar-refractivity contribution in [2.24, 2.45) is 5.16 Å². The maximum Gasteiger partial charge on any atom is 0.261 e. The number of anilines is 1.